The summed E-state index contributed by atoms with van der Waals surface area (Å²) in [6.07, 6.45) is 2.39. The summed E-state index contributed by atoms with van der Waals surface area (Å²) in [5.74, 6) is -0.265. The fourth-order valence-electron chi connectivity index (χ4n) is 2.27. The fraction of sp³-hybridized carbons (Fsp3) is 0.286. The van der Waals surface area contributed by atoms with Crippen molar-refractivity contribution >= 4 is 22.7 Å². The second-order valence-electron chi connectivity index (χ2n) is 4.40. The number of nitrogens with one attached hydrogen (secondary N) is 3. The van der Waals surface area contributed by atoms with Gasteiger partial charge in [-0.2, -0.15) is 0 Å². The van der Waals surface area contributed by atoms with Gasteiger partial charge in [-0.15, -0.1) is 0 Å². The molecule has 1 aromatic heterocycles. The van der Waals surface area contributed by atoms with Crippen molar-refractivity contribution in [1.82, 2.24) is 15.6 Å². The highest BCUT2D eigenvalue weighted by Crippen LogP contribution is 2.19. The van der Waals surface area contributed by atoms with Gasteiger partial charge >= 0.3 is 0 Å². The first kappa shape index (κ1) is 13.1. The lowest BCUT2D eigenvalue weighted by molar-refractivity contribution is -0.133. The number of piperazine rings is 1. The van der Waals surface area contributed by atoms with Crippen LogP contribution in [0.15, 0.2) is 30.5 Å². The summed E-state index contributed by atoms with van der Waals surface area (Å²) in [6.45, 7) is 0.0726. The molecule has 0 radical (unpaired) electrons. The zero-order valence-corrected chi connectivity index (χ0v) is 9.69. The summed E-state index contributed by atoms with van der Waals surface area (Å²) in [5, 5.41) is 6.37. The predicted octanol–water partition coefficient (Wildman–Crippen LogP) is 0.961. The summed E-state index contributed by atoms with van der Waals surface area (Å²) < 4.78 is 0. The molecule has 5 heteroatoms. The van der Waals surface area contributed by atoms with Gasteiger partial charge in [0.1, 0.15) is 6.04 Å². The minimum atomic E-state index is -0.481. The number of rotatable bonds is 2. The highest BCUT2D eigenvalue weighted by Gasteiger charge is 2.26. The van der Waals surface area contributed by atoms with Gasteiger partial charge < -0.3 is 15.6 Å². The van der Waals surface area contributed by atoms with Gasteiger partial charge in [0.25, 0.3) is 0 Å². The first-order valence-corrected chi connectivity index (χ1v) is 5.86. The van der Waals surface area contributed by atoms with Gasteiger partial charge in [-0.1, -0.05) is 25.6 Å². The Labute approximate surface area is 111 Å². The number of para-hydroxylation sites is 1. The van der Waals surface area contributed by atoms with E-state index in [1.807, 2.05) is 30.5 Å². The summed E-state index contributed by atoms with van der Waals surface area (Å²) in [4.78, 5) is 26.1. The second-order valence-corrected chi connectivity index (χ2v) is 4.40. The number of hydrogen-bond donors (Lipinski definition) is 3. The molecule has 0 saturated carbocycles. The highest BCUT2D eigenvalue weighted by atomic mass is 16.2. The van der Waals surface area contributed by atoms with E-state index >= 15 is 0 Å². The Morgan fingerprint density at radius 1 is 1.21 bits per heavy atom. The number of fused-ring (bicyclic) bond motifs is 1. The lowest BCUT2D eigenvalue weighted by Gasteiger charge is -2.22. The Morgan fingerprint density at radius 3 is 2.84 bits per heavy atom. The smallest absolute Gasteiger partial charge is 0.243 e. The Balaban J connectivity index is 0.00000133. The normalized spacial score (nSPS) is 18.6. The molecule has 2 heterocycles. The summed E-state index contributed by atoms with van der Waals surface area (Å²) in [5.41, 5.74) is 2.07. The maximum atomic E-state index is 11.7. The molecule has 1 aliphatic rings. The van der Waals surface area contributed by atoms with Crippen LogP contribution >= 0.6 is 0 Å². The van der Waals surface area contributed by atoms with E-state index in [1.54, 1.807) is 0 Å². The maximum Gasteiger partial charge on any atom is 0.243 e. The third kappa shape index (κ3) is 2.45. The second kappa shape index (κ2) is 5.14. The molecule has 5 nitrogen and oxygen atoms in total. The van der Waals surface area contributed by atoms with Crippen molar-refractivity contribution in [2.75, 3.05) is 6.54 Å². The molecule has 3 N–H and O–H groups in total. The molecule has 1 aliphatic heterocycles. The Hall–Kier alpha value is -2.30. The molecule has 1 aromatic carbocycles. The molecule has 1 unspecified atom stereocenters. The van der Waals surface area contributed by atoms with Gasteiger partial charge in [-0.05, 0) is 11.6 Å². The van der Waals surface area contributed by atoms with Crippen LogP contribution in [0.3, 0.4) is 0 Å². The Kier molecular flexibility index (Phi) is 3.55. The van der Waals surface area contributed by atoms with Crippen molar-refractivity contribution in [3.63, 3.8) is 0 Å². The molecule has 0 bridgehead atoms. The number of H-pyrrole nitrogens is 1. The van der Waals surface area contributed by atoms with E-state index in [0.717, 1.165) is 16.5 Å². The number of amides is 2. The van der Waals surface area contributed by atoms with Crippen molar-refractivity contribution in [3.05, 3.63) is 36.0 Å². The van der Waals surface area contributed by atoms with Gasteiger partial charge in [0.2, 0.25) is 11.8 Å². The van der Waals surface area contributed by atoms with Crippen molar-refractivity contribution in [2.45, 2.75) is 19.9 Å². The van der Waals surface area contributed by atoms with E-state index in [9.17, 15) is 9.59 Å². The summed E-state index contributed by atoms with van der Waals surface area (Å²) in [6, 6.07) is 7.42. The molecule has 19 heavy (non-hydrogen) atoms. The van der Waals surface area contributed by atoms with E-state index in [2.05, 4.69) is 15.6 Å². The lowest BCUT2D eigenvalue weighted by Crippen LogP contribution is -2.56. The molecule has 1 atom stereocenters. The molecule has 1 fully saturated rings. The number of benzene rings is 1. The van der Waals surface area contributed by atoms with Crippen LogP contribution in [0.2, 0.25) is 0 Å². The minimum absolute atomic E-state index is 0. The SMILES string of the molecule is C.O=C1CNC(=O)C(Cc2c[nH]c3ccccc23)N1. The van der Waals surface area contributed by atoms with Gasteiger partial charge in [-0.3, -0.25) is 9.59 Å². The number of hydrogen-bond acceptors (Lipinski definition) is 2. The van der Waals surface area contributed by atoms with Crippen LogP contribution in [0.5, 0.6) is 0 Å². The Bertz CT molecular complexity index is 618. The largest absolute Gasteiger partial charge is 0.361 e. The third-order valence-corrected chi connectivity index (χ3v) is 3.17. The lowest BCUT2D eigenvalue weighted by atomic mass is 10.0. The van der Waals surface area contributed by atoms with Gasteiger partial charge in [0.05, 0.1) is 6.54 Å². The quantitative estimate of drug-likeness (QED) is 0.751. The molecule has 100 valence electrons. The molecule has 2 aromatic rings. The average molecular weight is 259 g/mol. The first-order valence-electron chi connectivity index (χ1n) is 5.86. The van der Waals surface area contributed by atoms with Crippen molar-refractivity contribution in [1.29, 1.82) is 0 Å². The van der Waals surface area contributed by atoms with Gasteiger partial charge in [-0.25, -0.2) is 0 Å². The van der Waals surface area contributed by atoms with Crippen LogP contribution in [0, 0.1) is 0 Å². The molecule has 0 aliphatic carbocycles. The zero-order chi connectivity index (χ0) is 12.5. The number of aromatic nitrogens is 1. The molecule has 2 amide bonds. The molecule has 0 spiro atoms. The van der Waals surface area contributed by atoms with E-state index in [0.29, 0.717) is 6.42 Å². The van der Waals surface area contributed by atoms with E-state index in [4.69, 9.17) is 0 Å². The fourth-order valence-corrected chi connectivity index (χ4v) is 2.27. The van der Waals surface area contributed by atoms with Gasteiger partial charge in [0.15, 0.2) is 0 Å². The highest BCUT2D eigenvalue weighted by molar-refractivity contribution is 5.95. The minimum Gasteiger partial charge on any atom is -0.361 e. The van der Waals surface area contributed by atoms with Crippen LogP contribution in [-0.2, 0) is 16.0 Å². The zero-order valence-electron chi connectivity index (χ0n) is 9.69. The molecule has 3 rings (SSSR count). The van der Waals surface area contributed by atoms with E-state index < -0.39 is 6.04 Å². The number of aromatic amines is 1. The molecular formula is C14H17N3O2. The first-order chi connectivity index (χ1) is 8.74. The van der Waals surface area contributed by atoms with Crippen molar-refractivity contribution in [2.24, 2.45) is 0 Å². The predicted molar refractivity (Wildman–Crippen MR) is 73.7 cm³/mol. The van der Waals surface area contributed by atoms with Crippen LogP contribution in [0.1, 0.15) is 13.0 Å². The number of carbonyl (C=O) groups is 2. The van der Waals surface area contributed by atoms with E-state index in [-0.39, 0.29) is 25.8 Å². The van der Waals surface area contributed by atoms with Gasteiger partial charge in [0, 0.05) is 23.5 Å². The topological polar surface area (TPSA) is 74.0 Å². The maximum absolute atomic E-state index is 11.7. The average Bonchev–Trinajstić information content (AvgIpc) is 2.78. The summed E-state index contributed by atoms with van der Waals surface area (Å²) >= 11 is 0. The third-order valence-electron chi connectivity index (χ3n) is 3.17. The monoisotopic (exact) mass is 259 g/mol. The van der Waals surface area contributed by atoms with Crippen LogP contribution in [0.25, 0.3) is 10.9 Å². The Morgan fingerprint density at radius 2 is 2.00 bits per heavy atom. The number of carbonyl (C=O) groups excluding carboxylic acids is 2. The van der Waals surface area contributed by atoms with E-state index in [1.165, 1.54) is 0 Å². The molecular weight excluding hydrogens is 242 g/mol. The van der Waals surface area contributed by atoms with Crippen LogP contribution in [-0.4, -0.2) is 29.4 Å². The van der Waals surface area contributed by atoms with Crippen LogP contribution < -0.4 is 10.6 Å². The molecule has 1 saturated heterocycles. The van der Waals surface area contributed by atoms with Crippen molar-refractivity contribution in [3.8, 4) is 0 Å². The van der Waals surface area contributed by atoms with Crippen LogP contribution in [0.4, 0.5) is 0 Å². The standard InChI is InChI=1S/C13H13N3O2.CH4/c17-12-7-15-13(18)11(16-12)5-8-6-14-10-4-2-1-3-9(8)10;/h1-4,6,11,14H,5,7H2,(H,15,18)(H,16,17);1H4. The summed E-state index contributed by atoms with van der Waals surface area (Å²) in [7, 11) is 0. The van der Waals surface area contributed by atoms with Crippen molar-refractivity contribution < 1.29 is 9.59 Å².